The Kier molecular flexibility index (Phi) is 6.05. The molecular weight excluding hydrogens is 328 g/mol. The van der Waals surface area contributed by atoms with Crippen LogP contribution < -0.4 is 5.32 Å². The Morgan fingerprint density at radius 3 is 2.46 bits per heavy atom. The van der Waals surface area contributed by atoms with Gasteiger partial charge in [0, 0.05) is 12.6 Å². The summed E-state index contributed by atoms with van der Waals surface area (Å²) in [7, 11) is 0. The Labute approximate surface area is 144 Å². The number of hydrogen-bond donors (Lipinski definition) is 1. The molecule has 1 N–H and O–H groups in total. The number of nitrogens with zero attached hydrogens (tertiary/aromatic N) is 1. The average molecular weight is 348 g/mol. The van der Waals surface area contributed by atoms with E-state index in [1.165, 1.54) is 6.07 Å². The van der Waals surface area contributed by atoms with Gasteiger partial charge in [-0.1, -0.05) is 24.3 Å². The molecule has 0 radical (unpaired) electrons. The van der Waals surface area contributed by atoms with Gasteiger partial charge in [0.25, 0.3) is 11.6 Å². The number of hydrogen-bond acceptors (Lipinski definition) is 5. The molecule has 0 atom stereocenters. The zero-order valence-corrected chi connectivity index (χ0v) is 14.7. The number of thiophene rings is 1. The number of carbonyl (C=O) groups is 1. The highest BCUT2D eigenvalue weighted by molar-refractivity contribution is 7.14. The maximum atomic E-state index is 12.1. The zero-order valence-electron chi connectivity index (χ0n) is 13.9. The molecule has 1 aromatic carbocycles. The molecule has 0 saturated heterocycles. The Morgan fingerprint density at radius 1 is 1.29 bits per heavy atom. The SMILES string of the molecule is Cc1sc(C(=O)NCc2ccc(COC(C)C)cc2)cc1[N+](=O)[O-]. The molecule has 1 amide bonds. The maximum absolute atomic E-state index is 12.1. The highest BCUT2D eigenvalue weighted by atomic mass is 32.1. The average Bonchev–Trinajstić information content (AvgIpc) is 2.93. The normalized spacial score (nSPS) is 10.8. The number of benzene rings is 1. The summed E-state index contributed by atoms with van der Waals surface area (Å²) < 4.78 is 5.53. The summed E-state index contributed by atoms with van der Waals surface area (Å²) >= 11 is 1.13. The van der Waals surface area contributed by atoms with Gasteiger partial charge in [-0.2, -0.15) is 0 Å². The lowest BCUT2D eigenvalue weighted by Crippen LogP contribution is -2.21. The van der Waals surface area contributed by atoms with Gasteiger partial charge in [-0.25, -0.2) is 0 Å². The van der Waals surface area contributed by atoms with Gasteiger partial charge in [0.15, 0.2) is 0 Å². The first-order valence-electron chi connectivity index (χ1n) is 7.59. The Hall–Kier alpha value is -2.25. The fourth-order valence-electron chi connectivity index (χ4n) is 2.05. The van der Waals surface area contributed by atoms with Crippen molar-refractivity contribution in [2.45, 2.75) is 40.0 Å². The number of amides is 1. The number of aryl methyl sites for hydroxylation is 1. The molecule has 0 aliphatic carbocycles. The summed E-state index contributed by atoms with van der Waals surface area (Å²) in [5, 5.41) is 13.6. The van der Waals surface area contributed by atoms with Crippen LogP contribution in [0.2, 0.25) is 0 Å². The molecule has 0 bridgehead atoms. The van der Waals surface area contributed by atoms with Gasteiger partial charge in [0.1, 0.15) is 0 Å². The Balaban J connectivity index is 1.92. The van der Waals surface area contributed by atoms with Crippen molar-refractivity contribution in [2.24, 2.45) is 0 Å². The summed E-state index contributed by atoms with van der Waals surface area (Å²) in [6.07, 6.45) is 0.183. The maximum Gasteiger partial charge on any atom is 0.283 e. The molecule has 6 nitrogen and oxygen atoms in total. The summed E-state index contributed by atoms with van der Waals surface area (Å²) in [6, 6.07) is 9.11. The second kappa shape index (κ2) is 8.03. The third-order valence-electron chi connectivity index (χ3n) is 3.37. The third kappa shape index (κ3) is 4.87. The molecule has 1 aromatic heterocycles. The first kappa shape index (κ1) is 18.1. The van der Waals surface area contributed by atoms with Crippen molar-refractivity contribution < 1.29 is 14.5 Å². The van der Waals surface area contributed by atoms with Crippen molar-refractivity contribution in [3.63, 3.8) is 0 Å². The van der Waals surface area contributed by atoms with Crippen molar-refractivity contribution in [2.75, 3.05) is 0 Å². The van der Waals surface area contributed by atoms with E-state index >= 15 is 0 Å². The molecule has 2 aromatic rings. The standard InChI is InChI=1S/C17H20N2O4S/c1-11(2)23-10-14-6-4-13(5-7-14)9-18-17(20)16-8-15(19(21)22)12(3)24-16/h4-8,11H,9-10H2,1-3H3,(H,18,20). The highest BCUT2D eigenvalue weighted by Crippen LogP contribution is 2.27. The summed E-state index contributed by atoms with van der Waals surface area (Å²) in [5.74, 6) is -0.302. The number of nitro groups is 1. The van der Waals surface area contributed by atoms with Crippen LogP contribution in [0.5, 0.6) is 0 Å². The van der Waals surface area contributed by atoms with Gasteiger partial charge in [-0.05, 0) is 31.9 Å². The van der Waals surface area contributed by atoms with Gasteiger partial charge in [0.2, 0.25) is 0 Å². The van der Waals surface area contributed by atoms with Crippen LogP contribution in [0.15, 0.2) is 30.3 Å². The van der Waals surface area contributed by atoms with Gasteiger partial charge < -0.3 is 10.1 Å². The van der Waals surface area contributed by atoms with Crippen molar-refractivity contribution >= 4 is 22.9 Å². The van der Waals surface area contributed by atoms with E-state index in [-0.39, 0.29) is 17.7 Å². The topological polar surface area (TPSA) is 81.5 Å². The molecule has 0 aliphatic heterocycles. The lowest BCUT2D eigenvalue weighted by molar-refractivity contribution is -0.385. The number of rotatable bonds is 7. The minimum Gasteiger partial charge on any atom is -0.374 e. The quantitative estimate of drug-likeness (QED) is 0.609. The second-order valence-electron chi connectivity index (χ2n) is 5.67. The lowest BCUT2D eigenvalue weighted by atomic mass is 10.1. The van der Waals surface area contributed by atoms with Crippen LogP contribution in [0.4, 0.5) is 5.69 Å². The van der Waals surface area contributed by atoms with Crippen LogP contribution in [-0.2, 0) is 17.9 Å². The minimum atomic E-state index is -0.472. The molecule has 1 heterocycles. The monoisotopic (exact) mass is 348 g/mol. The number of ether oxygens (including phenoxy) is 1. The van der Waals surface area contributed by atoms with E-state index < -0.39 is 4.92 Å². The lowest BCUT2D eigenvalue weighted by Gasteiger charge is -2.08. The predicted octanol–water partition coefficient (Wildman–Crippen LogP) is 3.82. The second-order valence-corrected chi connectivity index (χ2v) is 6.92. The van der Waals surface area contributed by atoms with Crippen LogP contribution in [0.1, 0.15) is 39.5 Å². The molecule has 0 saturated carbocycles. The Morgan fingerprint density at radius 2 is 1.92 bits per heavy atom. The molecule has 7 heteroatoms. The van der Waals surface area contributed by atoms with Gasteiger partial charge in [-0.15, -0.1) is 11.3 Å². The molecule has 24 heavy (non-hydrogen) atoms. The molecule has 2 rings (SSSR count). The van der Waals surface area contributed by atoms with Gasteiger partial charge in [-0.3, -0.25) is 14.9 Å². The molecule has 0 spiro atoms. The van der Waals surface area contributed by atoms with E-state index in [0.717, 1.165) is 22.5 Å². The summed E-state index contributed by atoms with van der Waals surface area (Å²) in [4.78, 5) is 23.3. The largest absolute Gasteiger partial charge is 0.374 e. The molecule has 128 valence electrons. The van der Waals surface area contributed by atoms with Gasteiger partial charge in [0.05, 0.1) is 27.4 Å². The molecular formula is C17H20N2O4S. The van der Waals surface area contributed by atoms with Crippen LogP contribution in [0, 0.1) is 17.0 Å². The van der Waals surface area contributed by atoms with Crippen LogP contribution in [0.3, 0.4) is 0 Å². The van der Waals surface area contributed by atoms with Crippen molar-refractivity contribution in [1.29, 1.82) is 0 Å². The minimum absolute atomic E-state index is 0.0142. The van der Waals surface area contributed by atoms with Crippen LogP contribution in [0.25, 0.3) is 0 Å². The van der Waals surface area contributed by atoms with E-state index in [2.05, 4.69) is 5.32 Å². The summed E-state index contributed by atoms with van der Waals surface area (Å²) in [6.45, 7) is 6.54. The zero-order chi connectivity index (χ0) is 17.7. The van der Waals surface area contributed by atoms with Crippen LogP contribution in [-0.4, -0.2) is 16.9 Å². The fraction of sp³-hybridized carbons (Fsp3) is 0.353. The first-order valence-corrected chi connectivity index (χ1v) is 8.41. The smallest absolute Gasteiger partial charge is 0.283 e. The molecule has 0 aliphatic rings. The molecule has 0 fully saturated rings. The fourth-order valence-corrected chi connectivity index (χ4v) is 2.95. The van der Waals surface area contributed by atoms with E-state index in [0.29, 0.717) is 22.9 Å². The van der Waals surface area contributed by atoms with E-state index in [1.54, 1.807) is 6.92 Å². The predicted molar refractivity (Wildman–Crippen MR) is 93.2 cm³/mol. The Bertz CT molecular complexity index is 723. The van der Waals surface area contributed by atoms with E-state index in [4.69, 9.17) is 4.74 Å². The van der Waals surface area contributed by atoms with Crippen molar-refractivity contribution in [1.82, 2.24) is 5.32 Å². The van der Waals surface area contributed by atoms with Crippen molar-refractivity contribution in [3.05, 3.63) is 61.3 Å². The highest BCUT2D eigenvalue weighted by Gasteiger charge is 2.19. The summed E-state index contributed by atoms with van der Waals surface area (Å²) in [5.41, 5.74) is 2.02. The molecule has 0 unspecified atom stereocenters. The third-order valence-corrected chi connectivity index (χ3v) is 4.41. The van der Waals surface area contributed by atoms with E-state index in [1.807, 2.05) is 38.1 Å². The van der Waals surface area contributed by atoms with Gasteiger partial charge >= 0.3 is 0 Å². The number of carbonyl (C=O) groups excluding carboxylic acids is 1. The number of nitrogens with one attached hydrogen (secondary N) is 1. The van der Waals surface area contributed by atoms with E-state index in [9.17, 15) is 14.9 Å². The first-order chi connectivity index (χ1) is 11.4. The van der Waals surface area contributed by atoms with Crippen LogP contribution >= 0.6 is 11.3 Å². The van der Waals surface area contributed by atoms with Crippen molar-refractivity contribution in [3.8, 4) is 0 Å².